The molecule has 0 bridgehead atoms. The van der Waals surface area contributed by atoms with Gasteiger partial charge in [-0.05, 0) is 31.7 Å². The number of nitrogens with zero attached hydrogens (tertiary/aromatic N) is 1. The van der Waals surface area contributed by atoms with Crippen molar-refractivity contribution in [1.29, 1.82) is 0 Å². The Bertz CT molecular complexity index is 428. The number of ether oxygens (including phenoxy) is 1. The molecule has 1 aliphatic heterocycles. The van der Waals surface area contributed by atoms with Crippen LogP contribution < -0.4 is 5.73 Å². The Hall–Kier alpha value is -1.39. The van der Waals surface area contributed by atoms with Crippen molar-refractivity contribution in [3.63, 3.8) is 0 Å². The van der Waals surface area contributed by atoms with E-state index < -0.39 is 0 Å². The topological polar surface area (TPSA) is 55.6 Å². The summed E-state index contributed by atoms with van der Waals surface area (Å²) in [6.07, 6.45) is 3.45. The summed E-state index contributed by atoms with van der Waals surface area (Å²) >= 11 is 0. The minimum Gasteiger partial charge on any atom is -0.378 e. The number of carbonyl (C=O) groups is 1. The van der Waals surface area contributed by atoms with Crippen molar-refractivity contribution in [3.8, 4) is 0 Å². The van der Waals surface area contributed by atoms with E-state index >= 15 is 0 Å². The van der Waals surface area contributed by atoms with E-state index in [4.69, 9.17) is 10.5 Å². The molecule has 1 heterocycles. The smallest absolute Gasteiger partial charge is 0.222 e. The first kappa shape index (κ1) is 16.0. The number of hydrogen-bond donors (Lipinski definition) is 1. The van der Waals surface area contributed by atoms with Gasteiger partial charge in [0.25, 0.3) is 0 Å². The fourth-order valence-electron chi connectivity index (χ4n) is 2.81. The quantitative estimate of drug-likeness (QED) is 0.875. The third-order valence-corrected chi connectivity index (χ3v) is 4.09. The first-order valence-corrected chi connectivity index (χ1v) is 7.90. The maximum Gasteiger partial charge on any atom is 0.222 e. The van der Waals surface area contributed by atoms with Crippen molar-refractivity contribution in [2.45, 2.75) is 44.8 Å². The number of likely N-dealkylation sites (tertiary alicyclic amines) is 1. The van der Waals surface area contributed by atoms with E-state index in [1.807, 2.05) is 42.2 Å². The Balaban J connectivity index is 1.73. The molecule has 1 unspecified atom stereocenters. The minimum absolute atomic E-state index is 0.0592. The number of nitrogens with two attached hydrogens (primary N) is 1. The van der Waals surface area contributed by atoms with E-state index in [0.29, 0.717) is 18.9 Å². The summed E-state index contributed by atoms with van der Waals surface area (Å²) in [5, 5.41) is 0. The van der Waals surface area contributed by atoms with Gasteiger partial charge in [0, 0.05) is 32.2 Å². The van der Waals surface area contributed by atoms with Gasteiger partial charge in [0.15, 0.2) is 0 Å². The molecule has 0 spiro atoms. The standard InChI is InChI=1S/C17H26N2O2/c1-2-21-15-10-12-19(13-11-15)17(20)9-8-16(18)14-6-4-3-5-7-14/h3-7,15-16H,2,8-13,18H2,1H3. The van der Waals surface area contributed by atoms with Crippen LogP contribution in [0.1, 0.15) is 44.2 Å². The summed E-state index contributed by atoms with van der Waals surface area (Å²) in [6, 6.07) is 9.91. The monoisotopic (exact) mass is 290 g/mol. The van der Waals surface area contributed by atoms with E-state index in [1.165, 1.54) is 0 Å². The highest BCUT2D eigenvalue weighted by molar-refractivity contribution is 5.76. The molecule has 1 aliphatic rings. The third kappa shape index (κ3) is 4.83. The maximum atomic E-state index is 12.2. The molecule has 21 heavy (non-hydrogen) atoms. The second-order valence-electron chi connectivity index (χ2n) is 5.59. The summed E-state index contributed by atoms with van der Waals surface area (Å²) in [5.74, 6) is 0.219. The first-order chi connectivity index (χ1) is 10.2. The number of piperidine rings is 1. The lowest BCUT2D eigenvalue weighted by Gasteiger charge is -2.32. The molecule has 2 N–H and O–H groups in total. The Morgan fingerprint density at radius 1 is 1.33 bits per heavy atom. The zero-order valence-electron chi connectivity index (χ0n) is 12.8. The van der Waals surface area contributed by atoms with Crippen LogP contribution in [0.15, 0.2) is 30.3 Å². The van der Waals surface area contributed by atoms with Gasteiger partial charge in [-0.3, -0.25) is 4.79 Å². The predicted octanol–water partition coefficient (Wildman–Crippen LogP) is 2.49. The summed E-state index contributed by atoms with van der Waals surface area (Å²) < 4.78 is 5.61. The molecule has 116 valence electrons. The fraction of sp³-hybridized carbons (Fsp3) is 0.588. The van der Waals surface area contributed by atoms with Gasteiger partial charge in [-0.25, -0.2) is 0 Å². The van der Waals surface area contributed by atoms with Gasteiger partial charge in [-0.15, -0.1) is 0 Å². The van der Waals surface area contributed by atoms with Gasteiger partial charge in [-0.2, -0.15) is 0 Å². The molecular weight excluding hydrogens is 264 g/mol. The second-order valence-corrected chi connectivity index (χ2v) is 5.59. The minimum atomic E-state index is -0.0592. The molecule has 2 rings (SSSR count). The zero-order valence-corrected chi connectivity index (χ0v) is 12.8. The van der Waals surface area contributed by atoms with Gasteiger partial charge in [0.2, 0.25) is 5.91 Å². The van der Waals surface area contributed by atoms with Crippen molar-refractivity contribution in [3.05, 3.63) is 35.9 Å². The zero-order chi connectivity index (χ0) is 15.1. The van der Waals surface area contributed by atoms with Crippen molar-refractivity contribution in [1.82, 2.24) is 4.90 Å². The molecule has 0 saturated carbocycles. The van der Waals surface area contributed by atoms with Crippen LogP contribution in [0, 0.1) is 0 Å². The maximum absolute atomic E-state index is 12.2. The fourth-order valence-corrected chi connectivity index (χ4v) is 2.81. The third-order valence-electron chi connectivity index (χ3n) is 4.09. The highest BCUT2D eigenvalue weighted by Gasteiger charge is 2.23. The van der Waals surface area contributed by atoms with E-state index in [1.54, 1.807) is 0 Å². The molecule has 1 fully saturated rings. The molecule has 0 aromatic heterocycles. The average Bonchev–Trinajstić information content (AvgIpc) is 2.54. The van der Waals surface area contributed by atoms with Gasteiger partial charge < -0.3 is 15.4 Å². The van der Waals surface area contributed by atoms with Gasteiger partial charge in [0.1, 0.15) is 0 Å². The molecule has 1 aromatic carbocycles. The van der Waals surface area contributed by atoms with Crippen molar-refractivity contribution < 1.29 is 9.53 Å². The number of hydrogen-bond acceptors (Lipinski definition) is 3. The van der Waals surface area contributed by atoms with E-state index in [2.05, 4.69) is 0 Å². The molecule has 4 heteroatoms. The molecular formula is C17H26N2O2. The Kier molecular flexibility index (Phi) is 6.21. The highest BCUT2D eigenvalue weighted by atomic mass is 16.5. The molecule has 4 nitrogen and oxygen atoms in total. The van der Waals surface area contributed by atoms with Gasteiger partial charge in [-0.1, -0.05) is 30.3 Å². The molecule has 0 aliphatic carbocycles. The Labute approximate surface area is 127 Å². The molecule has 1 amide bonds. The molecule has 1 atom stereocenters. The number of amides is 1. The van der Waals surface area contributed by atoms with Crippen LogP contribution in [0.2, 0.25) is 0 Å². The van der Waals surface area contributed by atoms with Crippen LogP contribution in [0.25, 0.3) is 0 Å². The summed E-state index contributed by atoms with van der Waals surface area (Å²) in [4.78, 5) is 14.2. The highest BCUT2D eigenvalue weighted by Crippen LogP contribution is 2.18. The van der Waals surface area contributed by atoms with Crippen LogP contribution in [0.3, 0.4) is 0 Å². The summed E-state index contributed by atoms with van der Waals surface area (Å²) in [5.41, 5.74) is 7.24. The van der Waals surface area contributed by atoms with Crippen LogP contribution in [0.5, 0.6) is 0 Å². The molecule has 1 saturated heterocycles. The van der Waals surface area contributed by atoms with E-state index in [9.17, 15) is 4.79 Å². The molecule has 1 aromatic rings. The lowest BCUT2D eigenvalue weighted by atomic mass is 10.0. The second kappa shape index (κ2) is 8.15. The average molecular weight is 290 g/mol. The SMILES string of the molecule is CCOC1CCN(C(=O)CCC(N)c2ccccc2)CC1. The van der Waals surface area contributed by atoms with E-state index in [0.717, 1.165) is 38.1 Å². The van der Waals surface area contributed by atoms with Crippen LogP contribution >= 0.6 is 0 Å². The number of rotatable bonds is 6. The summed E-state index contributed by atoms with van der Waals surface area (Å²) in [6.45, 7) is 4.39. The predicted molar refractivity (Wildman–Crippen MR) is 83.8 cm³/mol. The van der Waals surface area contributed by atoms with E-state index in [-0.39, 0.29) is 11.9 Å². The van der Waals surface area contributed by atoms with Gasteiger partial charge in [0.05, 0.1) is 6.10 Å². The van der Waals surface area contributed by atoms with Crippen LogP contribution in [-0.2, 0) is 9.53 Å². The van der Waals surface area contributed by atoms with Gasteiger partial charge >= 0.3 is 0 Å². The van der Waals surface area contributed by atoms with Crippen molar-refractivity contribution in [2.75, 3.05) is 19.7 Å². The number of carbonyl (C=O) groups excluding carboxylic acids is 1. The Morgan fingerprint density at radius 3 is 2.62 bits per heavy atom. The van der Waals surface area contributed by atoms with Crippen molar-refractivity contribution in [2.24, 2.45) is 5.73 Å². The lowest BCUT2D eigenvalue weighted by Crippen LogP contribution is -2.41. The molecule has 0 radical (unpaired) electrons. The number of benzene rings is 1. The summed E-state index contributed by atoms with van der Waals surface area (Å²) in [7, 11) is 0. The van der Waals surface area contributed by atoms with Crippen LogP contribution in [0.4, 0.5) is 0 Å². The Morgan fingerprint density at radius 2 is 2.00 bits per heavy atom. The van der Waals surface area contributed by atoms with Crippen LogP contribution in [-0.4, -0.2) is 36.6 Å². The largest absolute Gasteiger partial charge is 0.378 e. The first-order valence-electron chi connectivity index (χ1n) is 7.90. The van der Waals surface area contributed by atoms with Crippen molar-refractivity contribution >= 4 is 5.91 Å². The lowest BCUT2D eigenvalue weighted by molar-refractivity contribution is -0.134. The normalized spacial score (nSPS) is 17.7.